The van der Waals surface area contributed by atoms with Gasteiger partial charge in [0, 0.05) is 11.9 Å². The molecule has 0 spiro atoms. The summed E-state index contributed by atoms with van der Waals surface area (Å²) in [6, 6.07) is 6.09. The number of anilines is 1. The zero-order valence-corrected chi connectivity index (χ0v) is 17.4. The number of nitrogens with zero attached hydrogens (tertiary/aromatic N) is 1. The van der Waals surface area contributed by atoms with E-state index in [1.54, 1.807) is 16.9 Å². The maximum atomic E-state index is 15.2. The van der Waals surface area contributed by atoms with Crippen molar-refractivity contribution in [3.05, 3.63) is 35.6 Å². The second kappa shape index (κ2) is 7.36. The van der Waals surface area contributed by atoms with Crippen LogP contribution in [0.15, 0.2) is 24.3 Å². The van der Waals surface area contributed by atoms with E-state index in [4.69, 9.17) is 0 Å². The number of benzene rings is 2. The number of aryl methyl sites for hydroxylation is 1. The number of fused-ring (bicyclic) bond motifs is 1. The van der Waals surface area contributed by atoms with Gasteiger partial charge >= 0.3 is 10.2 Å². The fourth-order valence-electron chi connectivity index (χ4n) is 3.42. The lowest BCUT2D eigenvalue weighted by molar-refractivity contribution is -0.117. The average Bonchev–Trinajstić information content (AvgIpc) is 3.46. The van der Waals surface area contributed by atoms with Crippen molar-refractivity contribution in [2.75, 3.05) is 17.4 Å². The van der Waals surface area contributed by atoms with Crippen molar-refractivity contribution in [2.24, 2.45) is 0 Å². The van der Waals surface area contributed by atoms with Crippen molar-refractivity contribution < 1.29 is 31.1 Å². The second-order valence-corrected chi connectivity index (χ2v) is 11.0. The van der Waals surface area contributed by atoms with E-state index in [0.29, 0.717) is 35.4 Å². The van der Waals surface area contributed by atoms with E-state index in [1.165, 1.54) is 12.1 Å². The van der Waals surface area contributed by atoms with Crippen molar-refractivity contribution in [3.8, 4) is 5.75 Å². The van der Waals surface area contributed by atoms with Gasteiger partial charge in [0.1, 0.15) is 18.0 Å². The first-order chi connectivity index (χ1) is 14.1. The zero-order chi connectivity index (χ0) is 21.7. The molecule has 1 heterocycles. The first kappa shape index (κ1) is 20.8. The van der Waals surface area contributed by atoms with Crippen molar-refractivity contribution in [2.45, 2.75) is 30.9 Å². The lowest BCUT2D eigenvalue weighted by Crippen LogP contribution is -2.30. The van der Waals surface area contributed by atoms with Crippen molar-refractivity contribution in [1.82, 2.24) is 9.44 Å². The lowest BCUT2D eigenvalue weighted by atomic mass is 10.0. The number of hydrogen-bond donors (Lipinski definition) is 3. The van der Waals surface area contributed by atoms with Crippen LogP contribution in [-0.4, -0.2) is 46.2 Å². The number of sulfonamides is 1. The summed E-state index contributed by atoms with van der Waals surface area (Å²) in [4.78, 5) is 11.5. The Balaban J connectivity index is 1.57. The fraction of sp³-hybridized carbons (Fsp3) is 0.389. The van der Waals surface area contributed by atoms with Gasteiger partial charge in [-0.2, -0.15) is 8.42 Å². The molecule has 0 unspecified atom stereocenters. The van der Waals surface area contributed by atoms with Gasteiger partial charge in [-0.1, -0.05) is 12.1 Å². The molecule has 1 saturated heterocycles. The molecule has 2 aliphatic rings. The third-order valence-electron chi connectivity index (χ3n) is 5.08. The van der Waals surface area contributed by atoms with E-state index in [0.717, 1.165) is 5.56 Å². The molecule has 1 amide bonds. The van der Waals surface area contributed by atoms with Gasteiger partial charge in [0.05, 0.1) is 5.25 Å². The molecule has 2 fully saturated rings. The van der Waals surface area contributed by atoms with Crippen LogP contribution in [0.5, 0.6) is 5.75 Å². The summed E-state index contributed by atoms with van der Waals surface area (Å²) < 4.78 is 67.7. The van der Waals surface area contributed by atoms with Crippen LogP contribution in [0.1, 0.15) is 24.8 Å². The molecule has 2 aromatic carbocycles. The maximum Gasteiger partial charge on any atom is 0.326 e. The van der Waals surface area contributed by atoms with E-state index in [1.807, 2.05) is 0 Å². The Labute approximate surface area is 173 Å². The largest absolute Gasteiger partial charge is 0.506 e. The van der Waals surface area contributed by atoms with Gasteiger partial charge in [0.2, 0.25) is 10.0 Å². The van der Waals surface area contributed by atoms with Crippen molar-refractivity contribution in [1.29, 1.82) is 0 Å². The minimum atomic E-state index is -4.28. The van der Waals surface area contributed by atoms with Crippen LogP contribution < -0.4 is 13.7 Å². The molecule has 1 aliphatic heterocycles. The van der Waals surface area contributed by atoms with E-state index in [-0.39, 0.29) is 17.2 Å². The second-order valence-electron chi connectivity index (χ2n) is 7.39. The topological polar surface area (TPSA) is 133 Å². The number of carbonyl (C=O) groups is 1. The first-order valence-electron chi connectivity index (χ1n) is 9.34. The molecular weight excluding hydrogens is 437 g/mol. The van der Waals surface area contributed by atoms with Crippen LogP contribution >= 0.6 is 0 Å². The predicted molar refractivity (Wildman–Crippen MR) is 108 cm³/mol. The average molecular weight is 458 g/mol. The summed E-state index contributed by atoms with van der Waals surface area (Å²) >= 11 is 0. The summed E-state index contributed by atoms with van der Waals surface area (Å²) in [5.41, 5.74) is 0.136. The van der Waals surface area contributed by atoms with Gasteiger partial charge in [-0.25, -0.2) is 26.6 Å². The quantitative estimate of drug-likeness (QED) is 0.529. The number of hydrogen-bond acceptors (Lipinski definition) is 6. The number of amides is 1. The van der Waals surface area contributed by atoms with Gasteiger partial charge < -0.3 is 5.11 Å². The third kappa shape index (κ3) is 3.94. The molecule has 4 rings (SSSR count). The normalized spacial score (nSPS) is 18.7. The molecule has 2 aromatic rings. The van der Waals surface area contributed by atoms with E-state index >= 15 is 4.39 Å². The highest BCUT2D eigenvalue weighted by molar-refractivity contribution is 7.92. The molecule has 0 aromatic heterocycles. The Kier molecular flexibility index (Phi) is 5.11. The SMILES string of the molecule is O=C1CN(c2c(O)cc3ccc(CCCNS(=O)(=O)C4CC4)cc3c2F)S(=O)(=O)N1. The number of halogens is 1. The monoisotopic (exact) mass is 457 g/mol. The molecular formula is C18H20FN3O6S2. The molecule has 1 saturated carbocycles. The number of phenolic OH excluding ortho intramolecular Hbond substituents is 1. The van der Waals surface area contributed by atoms with E-state index in [2.05, 4.69) is 4.72 Å². The molecule has 30 heavy (non-hydrogen) atoms. The number of aromatic hydroxyl groups is 1. The third-order valence-corrected chi connectivity index (χ3v) is 8.41. The van der Waals surface area contributed by atoms with Gasteiger partial charge in [0.25, 0.3) is 5.91 Å². The Morgan fingerprint density at radius 1 is 1.27 bits per heavy atom. The zero-order valence-electron chi connectivity index (χ0n) is 15.8. The van der Waals surface area contributed by atoms with E-state index in [9.17, 15) is 26.7 Å². The van der Waals surface area contributed by atoms with Gasteiger partial charge in [-0.05, 0) is 48.8 Å². The Hall–Kier alpha value is -2.44. The van der Waals surface area contributed by atoms with Crippen LogP contribution in [0.25, 0.3) is 10.8 Å². The Bertz CT molecular complexity index is 1240. The van der Waals surface area contributed by atoms with Gasteiger partial charge in [-0.3, -0.25) is 4.79 Å². The minimum absolute atomic E-state index is 0.0911. The maximum absolute atomic E-state index is 15.2. The van der Waals surface area contributed by atoms with Gasteiger partial charge in [-0.15, -0.1) is 0 Å². The summed E-state index contributed by atoms with van der Waals surface area (Å²) in [6.45, 7) is -0.362. The number of rotatable bonds is 7. The van der Waals surface area contributed by atoms with Crippen LogP contribution in [0.4, 0.5) is 10.1 Å². The van der Waals surface area contributed by atoms with Crippen LogP contribution in [-0.2, 0) is 31.4 Å². The Morgan fingerprint density at radius 3 is 2.63 bits per heavy atom. The summed E-state index contributed by atoms with van der Waals surface area (Å²) in [7, 11) is -7.53. The van der Waals surface area contributed by atoms with Crippen molar-refractivity contribution >= 4 is 42.6 Å². The number of carbonyl (C=O) groups excluding carboxylic acids is 1. The highest BCUT2D eigenvalue weighted by atomic mass is 32.2. The highest BCUT2D eigenvalue weighted by Crippen LogP contribution is 2.38. The van der Waals surface area contributed by atoms with Crippen LogP contribution in [0.3, 0.4) is 0 Å². The minimum Gasteiger partial charge on any atom is -0.506 e. The molecule has 9 nitrogen and oxygen atoms in total. The highest BCUT2D eigenvalue weighted by Gasteiger charge is 2.38. The standard InChI is InChI=1S/C18H20FN3O6S2/c19-17-14-8-11(2-1-7-20-29(25,26)13-5-6-13)3-4-12(14)9-15(23)18(17)22-10-16(24)21-30(22,27)28/h3-4,8-9,13,20,23H,1-2,5-7,10H2,(H,21,24). The Morgan fingerprint density at radius 2 is 2.00 bits per heavy atom. The van der Waals surface area contributed by atoms with Crippen LogP contribution in [0.2, 0.25) is 0 Å². The molecule has 0 bridgehead atoms. The smallest absolute Gasteiger partial charge is 0.326 e. The fourth-order valence-corrected chi connectivity index (χ4v) is 6.00. The van der Waals surface area contributed by atoms with Crippen molar-refractivity contribution in [3.63, 3.8) is 0 Å². The summed E-state index contributed by atoms with van der Waals surface area (Å²) in [5.74, 6) is -2.38. The predicted octanol–water partition coefficient (Wildman–Crippen LogP) is 0.880. The molecule has 0 atom stereocenters. The molecule has 12 heteroatoms. The lowest BCUT2D eigenvalue weighted by Gasteiger charge is -2.18. The molecule has 3 N–H and O–H groups in total. The molecule has 0 radical (unpaired) electrons. The van der Waals surface area contributed by atoms with Crippen LogP contribution in [0, 0.1) is 5.82 Å². The first-order valence-corrected chi connectivity index (χ1v) is 12.3. The van der Waals surface area contributed by atoms with E-state index < -0.39 is 49.9 Å². The number of phenols is 1. The molecule has 1 aliphatic carbocycles. The summed E-state index contributed by atoms with van der Waals surface area (Å²) in [6.07, 6.45) is 2.34. The molecule has 162 valence electrons. The summed E-state index contributed by atoms with van der Waals surface area (Å²) in [5, 5.41) is 10.4. The van der Waals surface area contributed by atoms with Gasteiger partial charge in [0.15, 0.2) is 5.82 Å². The number of nitrogens with one attached hydrogen (secondary N) is 2.